The van der Waals surface area contributed by atoms with Gasteiger partial charge in [0.2, 0.25) is 5.95 Å². The van der Waals surface area contributed by atoms with Gasteiger partial charge in [0.1, 0.15) is 0 Å². The molecule has 0 bridgehead atoms. The first-order valence-electron chi connectivity index (χ1n) is 6.95. The van der Waals surface area contributed by atoms with E-state index in [-0.39, 0.29) is 5.56 Å². The summed E-state index contributed by atoms with van der Waals surface area (Å²) in [5.74, 6) is 1.27. The summed E-state index contributed by atoms with van der Waals surface area (Å²) in [6, 6.07) is 1.50. The van der Waals surface area contributed by atoms with Gasteiger partial charge in [-0.25, -0.2) is 15.0 Å². The molecule has 1 aliphatic heterocycles. The van der Waals surface area contributed by atoms with Crippen LogP contribution in [0.1, 0.15) is 12.8 Å². The van der Waals surface area contributed by atoms with Crippen molar-refractivity contribution in [3.8, 4) is 0 Å². The van der Waals surface area contributed by atoms with Gasteiger partial charge in [-0.2, -0.15) is 0 Å². The van der Waals surface area contributed by atoms with Crippen LogP contribution in [-0.2, 0) is 6.54 Å². The molecule has 0 aromatic carbocycles. The smallest absolute Gasteiger partial charge is 0.253 e. The Morgan fingerprint density at radius 1 is 1.24 bits per heavy atom. The lowest BCUT2D eigenvalue weighted by molar-refractivity contribution is 0.349. The lowest BCUT2D eigenvalue weighted by Gasteiger charge is -2.32. The van der Waals surface area contributed by atoms with Gasteiger partial charge in [0.25, 0.3) is 5.56 Å². The molecule has 6 nitrogen and oxygen atoms in total. The summed E-state index contributed by atoms with van der Waals surface area (Å²) in [6.45, 7) is 2.57. The number of anilines is 1. The fourth-order valence-electron chi connectivity index (χ4n) is 2.58. The second kappa shape index (κ2) is 6.34. The van der Waals surface area contributed by atoms with Crippen LogP contribution in [0.3, 0.4) is 0 Å². The zero-order chi connectivity index (χ0) is 14.7. The highest BCUT2D eigenvalue weighted by molar-refractivity contribution is 9.10. The van der Waals surface area contributed by atoms with E-state index in [4.69, 9.17) is 0 Å². The standard InChI is InChI=1S/C14H16BrN5O/c15-12-7-17-14(18-8-12)19-5-2-11(3-6-19)9-20-10-16-4-1-13(20)21/h1,4,7-8,10-11H,2-3,5-6,9H2. The number of aromatic nitrogens is 4. The number of rotatable bonds is 3. The fourth-order valence-corrected chi connectivity index (χ4v) is 2.78. The summed E-state index contributed by atoms with van der Waals surface area (Å²) >= 11 is 3.34. The van der Waals surface area contributed by atoms with Crippen molar-refractivity contribution in [1.82, 2.24) is 19.5 Å². The number of piperidine rings is 1. The maximum absolute atomic E-state index is 11.7. The first-order chi connectivity index (χ1) is 10.2. The third-order valence-electron chi connectivity index (χ3n) is 3.75. The maximum Gasteiger partial charge on any atom is 0.253 e. The lowest BCUT2D eigenvalue weighted by Crippen LogP contribution is -2.37. The van der Waals surface area contributed by atoms with E-state index in [1.165, 1.54) is 12.3 Å². The molecular formula is C14H16BrN5O. The first kappa shape index (κ1) is 14.2. The van der Waals surface area contributed by atoms with E-state index in [1.54, 1.807) is 23.3 Å². The summed E-state index contributed by atoms with van der Waals surface area (Å²) in [4.78, 5) is 26.6. The zero-order valence-electron chi connectivity index (χ0n) is 11.5. The minimum Gasteiger partial charge on any atom is -0.341 e. The van der Waals surface area contributed by atoms with E-state index < -0.39 is 0 Å². The van der Waals surface area contributed by atoms with Crippen molar-refractivity contribution in [3.05, 3.63) is 45.8 Å². The van der Waals surface area contributed by atoms with Crippen LogP contribution in [0.15, 0.2) is 40.3 Å². The van der Waals surface area contributed by atoms with Crippen molar-refractivity contribution in [2.75, 3.05) is 18.0 Å². The van der Waals surface area contributed by atoms with Crippen LogP contribution in [0.5, 0.6) is 0 Å². The molecule has 0 N–H and O–H groups in total. The van der Waals surface area contributed by atoms with E-state index in [1.807, 2.05) is 0 Å². The number of halogens is 1. The normalized spacial score (nSPS) is 16.1. The van der Waals surface area contributed by atoms with Gasteiger partial charge in [0, 0.05) is 44.3 Å². The Morgan fingerprint density at radius 2 is 1.95 bits per heavy atom. The van der Waals surface area contributed by atoms with E-state index in [0.717, 1.165) is 42.9 Å². The molecule has 1 aliphatic rings. The van der Waals surface area contributed by atoms with Gasteiger partial charge >= 0.3 is 0 Å². The number of hydrogen-bond acceptors (Lipinski definition) is 5. The topological polar surface area (TPSA) is 63.9 Å². The largest absolute Gasteiger partial charge is 0.341 e. The van der Waals surface area contributed by atoms with Crippen LogP contribution in [0.25, 0.3) is 0 Å². The average Bonchev–Trinajstić information content (AvgIpc) is 2.51. The molecule has 0 aliphatic carbocycles. The minimum absolute atomic E-state index is 0.0173. The second-order valence-corrected chi connectivity index (χ2v) is 6.12. The van der Waals surface area contributed by atoms with Gasteiger partial charge in [-0.1, -0.05) is 0 Å². The van der Waals surface area contributed by atoms with Crippen molar-refractivity contribution in [2.24, 2.45) is 5.92 Å². The minimum atomic E-state index is 0.0173. The Bertz CT molecular complexity index is 649. The Labute approximate surface area is 131 Å². The highest BCUT2D eigenvalue weighted by Crippen LogP contribution is 2.21. The van der Waals surface area contributed by atoms with Gasteiger partial charge in [0.05, 0.1) is 10.8 Å². The third kappa shape index (κ3) is 3.47. The quantitative estimate of drug-likeness (QED) is 0.843. The van der Waals surface area contributed by atoms with Gasteiger partial charge in [-0.3, -0.25) is 9.36 Å². The molecule has 1 fully saturated rings. The van der Waals surface area contributed by atoms with E-state index >= 15 is 0 Å². The zero-order valence-corrected chi connectivity index (χ0v) is 13.1. The molecular weight excluding hydrogens is 334 g/mol. The summed E-state index contributed by atoms with van der Waals surface area (Å²) in [6.07, 6.45) is 8.74. The van der Waals surface area contributed by atoms with E-state index in [2.05, 4.69) is 35.8 Å². The lowest BCUT2D eigenvalue weighted by atomic mass is 9.97. The summed E-state index contributed by atoms with van der Waals surface area (Å²) in [5.41, 5.74) is 0.0173. The number of nitrogens with zero attached hydrogens (tertiary/aromatic N) is 5. The third-order valence-corrected chi connectivity index (χ3v) is 4.16. The molecule has 3 heterocycles. The van der Waals surface area contributed by atoms with Crippen LogP contribution in [-0.4, -0.2) is 32.6 Å². The molecule has 21 heavy (non-hydrogen) atoms. The molecule has 1 saturated heterocycles. The molecule has 0 saturated carbocycles. The maximum atomic E-state index is 11.7. The van der Waals surface area contributed by atoms with E-state index in [9.17, 15) is 4.79 Å². The average molecular weight is 350 g/mol. The summed E-state index contributed by atoms with van der Waals surface area (Å²) < 4.78 is 2.58. The summed E-state index contributed by atoms with van der Waals surface area (Å²) in [7, 11) is 0. The molecule has 2 aromatic heterocycles. The summed E-state index contributed by atoms with van der Waals surface area (Å²) in [5, 5.41) is 0. The van der Waals surface area contributed by atoms with Crippen molar-refractivity contribution < 1.29 is 0 Å². The Kier molecular flexibility index (Phi) is 4.28. The van der Waals surface area contributed by atoms with Crippen molar-refractivity contribution in [2.45, 2.75) is 19.4 Å². The van der Waals surface area contributed by atoms with Gasteiger partial charge in [0.15, 0.2) is 0 Å². The Hall–Kier alpha value is -1.76. The van der Waals surface area contributed by atoms with Crippen molar-refractivity contribution in [1.29, 1.82) is 0 Å². The Morgan fingerprint density at radius 3 is 2.62 bits per heavy atom. The monoisotopic (exact) mass is 349 g/mol. The van der Waals surface area contributed by atoms with Gasteiger partial charge < -0.3 is 4.90 Å². The van der Waals surface area contributed by atoms with Crippen LogP contribution >= 0.6 is 15.9 Å². The Balaban J connectivity index is 1.59. The molecule has 7 heteroatoms. The van der Waals surface area contributed by atoms with Crippen LogP contribution in [0, 0.1) is 5.92 Å². The SMILES string of the molecule is O=c1ccncn1CC1CCN(c2ncc(Br)cn2)CC1. The fraction of sp³-hybridized carbons (Fsp3) is 0.429. The molecule has 3 rings (SSSR count). The molecule has 110 valence electrons. The van der Waals surface area contributed by atoms with Crippen LogP contribution in [0.4, 0.5) is 5.95 Å². The molecule has 2 aromatic rings. The second-order valence-electron chi connectivity index (χ2n) is 5.20. The predicted molar refractivity (Wildman–Crippen MR) is 83.2 cm³/mol. The van der Waals surface area contributed by atoms with E-state index in [0.29, 0.717) is 5.92 Å². The molecule has 0 radical (unpaired) electrons. The highest BCUT2D eigenvalue weighted by Gasteiger charge is 2.21. The van der Waals surface area contributed by atoms with Gasteiger partial charge in [-0.05, 0) is 34.7 Å². The molecule has 0 amide bonds. The van der Waals surface area contributed by atoms with Gasteiger partial charge in [-0.15, -0.1) is 0 Å². The van der Waals surface area contributed by atoms with Crippen LogP contribution in [0.2, 0.25) is 0 Å². The molecule has 0 spiro atoms. The predicted octanol–water partition coefficient (Wildman–Crippen LogP) is 1.71. The molecule has 0 atom stereocenters. The highest BCUT2D eigenvalue weighted by atomic mass is 79.9. The van der Waals surface area contributed by atoms with Crippen LogP contribution < -0.4 is 10.5 Å². The van der Waals surface area contributed by atoms with Crippen molar-refractivity contribution >= 4 is 21.9 Å². The molecule has 0 unspecified atom stereocenters. The van der Waals surface area contributed by atoms with Crippen molar-refractivity contribution in [3.63, 3.8) is 0 Å². The first-order valence-corrected chi connectivity index (χ1v) is 7.74. The number of hydrogen-bond donors (Lipinski definition) is 0.